The van der Waals surface area contributed by atoms with E-state index in [1.807, 2.05) is 0 Å². The van der Waals surface area contributed by atoms with Crippen molar-refractivity contribution in [2.24, 2.45) is 0 Å². The van der Waals surface area contributed by atoms with Crippen molar-refractivity contribution in [3.05, 3.63) is 241 Å². The van der Waals surface area contributed by atoms with Gasteiger partial charge in [0.25, 0.3) is 0 Å². The summed E-state index contributed by atoms with van der Waals surface area (Å²) in [4.78, 5) is 0. The Labute approximate surface area is 776 Å². The molecule has 19 aromatic carbocycles. The standard InChI is InChI=1S/C128H142O2/c1-7-11-15-19-23-27-31-35-39-43-47-87-51-59-91(60-52-87)97-75-105-106-76-98(92-61-53-88(54-62-92)48-44-40-36-32-28-24-20-16-12-8-2)78-108-110-80-100(94-65-57-90(58-66-94)50-46-42-38-34-30-26-22-18-14-10-4)82-112-114-84-102(96-69-73-104(130-6)74-70-96)86-116-115-85-101(95-67-71-103(129-5)72-68-95)83-113-111-81-99(93-63-55-89(56-64-93)49-45-41-37-33-29-25-21-17-13-9-3)79-109-107(77-97)117(105)123-124(118(106)108)126(120(110)112)128(122(114)116)127(121(113)115)125(123)119(109)111/h51-86H,7-50H2,1-6H3. The van der Waals surface area contributed by atoms with Gasteiger partial charge in [0.2, 0.25) is 0 Å². The lowest BCUT2D eigenvalue weighted by atomic mass is 9.72. The SMILES string of the molecule is CCCCCCCCCCCCc1ccc(-c2cc3c4cc(-c5ccc(CCCCCCCCCCCC)cc5)cc5c6cc(-c7ccc(CCCCCCCCCCCC)cc7)cc7c8cc(-c9ccc(OC)cc9)cc9c%10cc(-c%11ccc(OC)cc%11)cc%11c%12cc(-c%13ccc(CCCCCCCCCCCC)cc%13)cc%13c(c2)c3c2c(c45)c(c67)c(c89)c(c%11%10)c2c%13%12)cc1. The second-order valence-corrected chi connectivity index (χ2v) is 39.9. The molecule has 0 N–H and O–H groups in total. The Bertz CT molecular complexity index is 6440. The number of hydrogen-bond acceptors (Lipinski definition) is 2. The third-order valence-electron chi connectivity index (χ3n) is 30.8. The first-order valence-corrected chi connectivity index (χ1v) is 52.3. The molecule has 0 bridgehead atoms. The quantitative estimate of drug-likeness (QED) is 0.0215. The van der Waals surface area contributed by atoms with Gasteiger partial charge in [-0.2, -0.15) is 0 Å². The molecule has 19 rings (SSSR count). The number of ether oxygens (including phenoxy) is 2. The first-order valence-electron chi connectivity index (χ1n) is 52.3. The van der Waals surface area contributed by atoms with E-state index in [9.17, 15) is 0 Å². The summed E-state index contributed by atoms with van der Waals surface area (Å²) in [6.07, 6.45) is 58.3. The summed E-state index contributed by atoms with van der Waals surface area (Å²) in [5.41, 5.74) is 20.7. The van der Waals surface area contributed by atoms with Gasteiger partial charge >= 0.3 is 0 Å². The van der Waals surface area contributed by atoms with Crippen LogP contribution in [0.2, 0.25) is 0 Å². The fourth-order valence-corrected chi connectivity index (χ4v) is 23.6. The molecule has 0 unspecified atom stereocenters. The molecule has 0 aromatic heterocycles. The Kier molecular flexibility index (Phi) is 28.6. The van der Waals surface area contributed by atoms with Crippen molar-refractivity contribution < 1.29 is 9.47 Å². The minimum atomic E-state index is 0.859. The van der Waals surface area contributed by atoms with E-state index in [2.05, 4.69) is 246 Å². The highest BCUT2D eigenvalue weighted by molar-refractivity contribution is 6.61. The summed E-state index contributed by atoms with van der Waals surface area (Å²) >= 11 is 0. The van der Waals surface area contributed by atoms with E-state index in [1.54, 1.807) is 14.2 Å². The summed E-state index contributed by atoms with van der Waals surface area (Å²) in [6.45, 7) is 9.29. The van der Waals surface area contributed by atoms with E-state index in [0.29, 0.717) is 0 Å². The summed E-state index contributed by atoms with van der Waals surface area (Å²) in [6, 6.07) is 88.9. The average Bonchev–Trinajstić information content (AvgIpc) is 0.639. The molecule has 0 heterocycles. The third-order valence-corrected chi connectivity index (χ3v) is 30.8. The van der Waals surface area contributed by atoms with Crippen LogP contribution in [-0.4, -0.2) is 14.2 Å². The Morgan fingerprint density at radius 3 is 0.408 bits per heavy atom. The molecule has 0 aliphatic heterocycles. The summed E-state index contributed by atoms with van der Waals surface area (Å²) in [5.74, 6) is 1.72. The number of unbranched alkanes of at least 4 members (excludes halogenated alkanes) is 36. The van der Waals surface area contributed by atoms with Crippen molar-refractivity contribution >= 4 is 129 Å². The molecule has 2 heteroatoms. The molecule has 0 spiro atoms. The first kappa shape index (κ1) is 88.7. The van der Waals surface area contributed by atoms with Gasteiger partial charge in [-0.15, -0.1) is 0 Å². The summed E-state index contributed by atoms with van der Waals surface area (Å²) < 4.78 is 11.9. The minimum Gasteiger partial charge on any atom is -0.497 e. The van der Waals surface area contributed by atoms with Gasteiger partial charge in [0, 0.05) is 0 Å². The van der Waals surface area contributed by atoms with Gasteiger partial charge in [-0.25, -0.2) is 0 Å². The van der Waals surface area contributed by atoms with Gasteiger partial charge in [0.05, 0.1) is 14.2 Å². The fourth-order valence-electron chi connectivity index (χ4n) is 23.6. The van der Waals surface area contributed by atoms with Crippen molar-refractivity contribution in [1.82, 2.24) is 0 Å². The minimum absolute atomic E-state index is 0.859. The predicted octanol–water partition coefficient (Wildman–Crippen LogP) is 40.0. The summed E-state index contributed by atoms with van der Waals surface area (Å²) in [7, 11) is 3.58. The Morgan fingerprint density at radius 1 is 0.138 bits per heavy atom. The van der Waals surface area contributed by atoms with Crippen LogP contribution in [0.1, 0.15) is 307 Å². The molecule has 0 aliphatic rings. The highest BCUT2D eigenvalue weighted by atomic mass is 16.5. The maximum absolute atomic E-state index is 5.94. The Morgan fingerprint density at radius 2 is 0.269 bits per heavy atom. The van der Waals surface area contributed by atoms with Crippen LogP contribution in [0.5, 0.6) is 11.5 Å². The molecule has 0 radical (unpaired) electrons. The Hall–Kier alpha value is -10.5. The van der Waals surface area contributed by atoms with E-state index in [-0.39, 0.29) is 0 Å². The number of methoxy groups -OCH3 is 2. The molecule has 130 heavy (non-hydrogen) atoms. The van der Waals surface area contributed by atoms with E-state index in [0.717, 1.165) is 37.2 Å². The van der Waals surface area contributed by atoms with Gasteiger partial charge in [0.15, 0.2) is 0 Å². The zero-order valence-corrected chi connectivity index (χ0v) is 79.7. The van der Waals surface area contributed by atoms with Crippen molar-refractivity contribution in [2.45, 2.75) is 310 Å². The fraction of sp³-hybridized carbons (Fsp3) is 0.391. The van der Waals surface area contributed by atoms with Gasteiger partial charge in [0.1, 0.15) is 11.5 Å². The highest BCUT2D eigenvalue weighted by Gasteiger charge is 2.34. The second-order valence-electron chi connectivity index (χ2n) is 39.9. The van der Waals surface area contributed by atoms with Crippen molar-refractivity contribution in [3.63, 3.8) is 0 Å². The van der Waals surface area contributed by atoms with Crippen LogP contribution in [0.15, 0.2) is 218 Å². The lowest BCUT2D eigenvalue weighted by Gasteiger charge is -2.30. The van der Waals surface area contributed by atoms with E-state index in [4.69, 9.17) is 9.47 Å². The normalized spacial score (nSPS) is 12.4. The zero-order valence-electron chi connectivity index (χ0n) is 79.7. The van der Waals surface area contributed by atoms with Crippen LogP contribution in [0.25, 0.3) is 196 Å². The van der Waals surface area contributed by atoms with Crippen molar-refractivity contribution in [3.8, 4) is 78.3 Å². The van der Waals surface area contributed by atoms with Gasteiger partial charge in [-0.1, -0.05) is 380 Å². The molecular weight excluding hydrogens is 1570 g/mol. The first-order chi connectivity index (χ1) is 64.3. The topological polar surface area (TPSA) is 18.5 Å². The van der Waals surface area contributed by atoms with Crippen molar-refractivity contribution in [1.29, 1.82) is 0 Å². The number of fused-ring (bicyclic) bond motifs is 6. The van der Waals surface area contributed by atoms with Crippen LogP contribution in [-0.2, 0) is 25.7 Å². The van der Waals surface area contributed by atoms with Crippen LogP contribution in [0, 0.1) is 0 Å². The van der Waals surface area contributed by atoms with Crippen LogP contribution < -0.4 is 9.47 Å². The average molecular weight is 1710 g/mol. The van der Waals surface area contributed by atoms with E-state index < -0.39 is 0 Å². The maximum atomic E-state index is 5.94. The van der Waals surface area contributed by atoms with Crippen LogP contribution >= 0.6 is 0 Å². The molecule has 0 saturated heterocycles. The largest absolute Gasteiger partial charge is 0.497 e. The molecule has 2 nitrogen and oxygen atoms in total. The third kappa shape index (κ3) is 18.5. The molecule has 19 aromatic rings. The second kappa shape index (κ2) is 41.9. The molecule has 0 aliphatic carbocycles. The number of rotatable bonds is 52. The molecule has 0 atom stereocenters. The van der Waals surface area contributed by atoms with Gasteiger partial charge < -0.3 is 9.47 Å². The maximum Gasteiger partial charge on any atom is 0.118 e. The van der Waals surface area contributed by atoms with Crippen LogP contribution in [0.4, 0.5) is 0 Å². The highest BCUT2D eigenvalue weighted by Crippen LogP contribution is 2.63. The molecular formula is C128H142O2. The molecule has 0 amide bonds. The zero-order chi connectivity index (χ0) is 88.2. The molecule has 0 fully saturated rings. The monoisotopic (exact) mass is 1710 g/mol. The molecule has 0 saturated carbocycles. The smallest absolute Gasteiger partial charge is 0.118 e. The van der Waals surface area contributed by atoms with Crippen LogP contribution in [0.3, 0.4) is 0 Å². The van der Waals surface area contributed by atoms with E-state index in [1.165, 1.54) is 475 Å². The number of hydrogen-bond donors (Lipinski definition) is 0. The molecule has 666 valence electrons. The van der Waals surface area contributed by atoms with Gasteiger partial charge in [-0.05, 0) is 367 Å². The lowest BCUT2D eigenvalue weighted by Crippen LogP contribution is -2.02. The number of benzene rings is 19. The van der Waals surface area contributed by atoms with Crippen molar-refractivity contribution in [2.75, 3.05) is 14.2 Å². The predicted molar refractivity (Wildman–Crippen MR) is 572 cm³/mol. The van der Waals surface area contributed by atoms with E-state index >= 15 is 0 Å². The Balaban J connectivity index is 0.847. The lowest BCUT2D eigenvalue weighted by molar-refractivity contribution is 0.415. The number of aryl methyl sites for hydroxylation is 4. The van der Waals surface area contributed by atoms with Gasteiger partial charge in [-0.3, -0.25) is 0 Å². The summed E-state index contributed by atoms with van der Waals surface area (Å²) in [5, 5.41) is 32.6.